The van der Waals surface area contributed by atoms with Crippen LogP contribution in [0.2, 0.25) is 0 Å². The molecule has 0 spiro atoms. The van der Waals surface area contributed by atoms with E-state index in [1.165, 1.54) is 0 Å². The summed E-state index contributed by atoms with van der Waals surface area (Å²) < 4.78 is 0. The summed E-state index contributed by atoms with van der Waals surface area (Å²) in [4.78, 5) is 16.0. The molecule has 0 bridgehead atoms. The molecule has 0 aromatic carbocycles. The van der Waals surface area contributed by atoms with E-state index in [1.807, 2.05) is 25.1 Å². The molecule has 0 radical (unpaired) electrons. The number of pyridine rings is 1. The normalized spacial score (nSPS) is 14.6. The number of aromatic nitrogens is 1. The van der Waals surface area contributed by atoms with Gasteiger partial charge in [0.25, 0.3) is 0 Å². The Balaban J connectivity index is 2.63. The highest BCUT2D eigenvalue weighted by Gasteiger charge is 2.26. The van der Waals surface area contributed by atoms with E-state index >= 15 is 0 Å². The van der Waals surface area contributed by atoms with Crippen molar-refractivity contribution in [2.45, 2.75) is 38.6 Å². The van der Waals surface area contributed by atoms with Crippen LogP contribution < -0.4 is 5.73 Å². The molecule has 0 fully saturated rings. The number of Topliss-reactive ketones (excluding diaryl/α,β-unsaturated/α-hetero) is 1. The molecule has 3 nitrogen and oxygen atoms in total. The first-order chi connectivity index (χ1) is 7.06. The van der Waals surface area contributed by atoms with Crippen molar-refractivity contribution in [2.75, 3.05) is 0 Å². The van der Waals surface area contributed by atoms with E-state index < -0.39 is 5.54 Å². The number of rotatable bonds is 5. The van der Waals surface area contributed by atoms with E-state index in [1.54, 1.807) is 13.1 Å². The van der Waals surface area contributed by atoms with Gasteiger partial charge in [-0.25, -0.2) is 0 Å². The number of nitrogens with zero attached hydrogens (tertiary/aromatic N) is 1. The van der Waals surface area contributed by atoms with Crippen molar-refractivity contribution in [3.05, 3.63) is 30.1 Å². The van der Waals surface area contributed by atoms with E-state index in [0.29, 0.717) is 6.42 Å². The number of carbonyl (C=O) groups is 1. The molecule has 15 heavy (non-hydrogen) atoms. The lowest BCUT2D eigenvalue weighted by Gasteiger charge is -2.21. The highest BCUT2D eigenvalue weighted by molar-refractivity contribution is 5.89. The van der Waals surface area contributed by atoms with Gasteiger partial charge in [-0.05, 0) is 25.5 Å². The predicted octanol–water partition coefficient (Wildman–Crippen LogP) is 1.71. The number of carbonyl (C=O) groups excluding carboxylic acids is 1. The Morgan fingerprint density at radius 3 is 2.80 bits per heavy atom. The molecule has 0 aliphatic rings. The van der Waals surface area contributed by atoms with Crippen LogP contribution in [0.1, 0.15) is 32.4 Å². The summed E-state index contributed by atoms with van der Waals surface area (Å²) in [6, 6.07) is 5.56. The van der Waals surface area contributed by atoms with Crippen molar-refractivity contribution in [3.8, 4) is 0 Å². The van der Waals surface area contributed by atoms with E-state index in [4.69, 9.17) is 5.73 Å². The molecule has 0 aliphatic carbocycles. The fourth-order valence-electron chi connectivity index (χ4n) is 1.53. The minimum absolute atomic E-state index is 0.0584. The van der Waals surface area contributed by atoms with E-state index in [2.05, 4.69) is 4.98 Å². The summed E-state index contributed by atoms with van der Waals surface area (Å²) in [5.74, 6) is 0.0584. The fourth-order valence-corrected chi connectivity index (χ4v) is 1.53. The molecule has 0 amide bonds. The lowest BCUT2D eigenvalue weighted by molar-refractivity contribution is -0.123. The Morgan fingerprint density at radius 2 is 2.27 bits per heavy atom. The number of ketones is 1. The largest absolute Gasteiger partial charge is 0.319 e. The second-order valence-electron chi connectivity index (χ2n) is 4.09. The van der Waals surface area contributed by atoms with Crippen LogP contribution in [0.25, 0.3) is 0 Å². The average Bonchev–Trinajstić information content (AvgIpc) is 2.19. The Morgan fingerprint density at radius 1 is 1.53 bits per heavy atom. The van der Waals surface area contributed by atoms with Crippen LogP contribution in [0.15, 0.2) is 24.4 Å². The van der Waals surface area contributed by atoms with Gasteiger partial charge in [0.2, 0.25) is 0 Å². The SMILES string of the molecule is CCCC(C)(N)C(=O)Cc1ccccn1. The van der Waals surface area contributed by atoms with Gasteiger partial charge < -0.3 is 5.73 Å². The molecule has 1 aromatic heterocycles. The van der Waals surface area contributed by atoms with Crippen LogP contribution in [0, 0.1) is 0 Å². The minimum Gasteiger partial charge on any atom is -0.319 e. The monoisotopic (exact) mass is 206 g/mol. The first-order valence-electron chi connectivity index (χ1n) is 5.28. The van der Waals surface area contributed by atoms with Gasteiger partial charge in [0.1, 0.15) is 0 Å². The Hall–Kier alpha value is -1.22. The van der Waals surface area contributed by atoms with Crippen molar-refractivity contribution >= 4 is 5.78 Å². The lowest BCUT2D eigenvalue weighted by atomic mass is 9.90. The molecule has 1 heterocycles. The predicted molar refractivity (Wildman–Crippen MR) is 60.4 cm³/mol. The van der Waals surface area contributed by atoms with Crippen LogP contribution >= 0.6 is 0 Å². The number of hydrogen-bond donors (Lipinski definition) is 1. The van der Waals surface area contributed by atoms with Crippen molar-refractivity contribution in [1.82, 2.24) is 4.98 Å². The summed E-state index contributed by atoms with van der Waals surface area (Å²) in [7, 11) is 0. The van der Waals surface area contributed by atoms with Gasteiger partial charge in [-0.2, -0.15) is 0 Å². The van der Waals surface area contributed by atoms with Crippen LogP contribution in [0.5, 0.6) is 0 Å². The Bertz CT molecular complexity index is 320. The van der Waals surface area contributed by atoms with E-state index in [-0.39, 0.29) is 5.78 Å². The molecule has 3 heteroatoms. The molecule has 1 aromatic rings. The number of hydrogen-bond acceptors (Lipinski definition) is 3. The maximum absolute atomic E-state index is 11.9. The molecular weight excluding hydrogens is 188 g/mol. The van der Waals surface area contributed by atoms with Crippen LogP contribution in [0.4, 0.5) is 0 Å². The van der Waals surface area contributed by atoms with Gasteiger partial charge in [0.05, 0.1) is 12.0 Å². The third kappa shape index (κ3) is 3.44. The molecule has 0 saturated heterocycles. The molecule has 1 atom stereocenters. The van der Waals surface area contributed by atoms with Gasteiger partial charge in [-0.15, -0.1) is 0 Å². The molecule has 82 valence electrons. The zero-order valence-corrected chi connectivity index (χ0v) is 9.36. The third-order valence-corrected chi connectivity index (χ3v) is 2.47. The summed E-state index contributed by atoms with van der Waals surface area (Å²) in [6.45, 7) is 3.82. The number of nitrogens with two attached hydrogens (primary N) is 1. The molecule has 2 N–H and O–H groups in total. The highest BCUT2D eigenvalue weighted by Crippen LogP contribution is 2.12. The van der Waals surface area contributed by atoms with Gasteiger partial charge in [0, 0.05) is 11.9 Å². The van der Waals surface area contributed by atoms with Gasteiger partial charge >= 0.3 is 0 Å². The van der Waals surface area contributed by atoms with Crippen LogP contribution in [0.3, 0.4) is 0 Å². The second kappa shape index (κ2) is 5.03. The van der Waals surface area contributed by atoms with Crippen molar-refractivity contribution < 1.29 is 4.79 Å². The maximum atomic E-state index is 11.9. The zero-order chi connectivity index (χ0) is 11.3. The first-order valence-corrected chi connectivity index (χ1v) is 5.28. The Labute approximate surface area is 90.7 Å². The quantitative estimate of drug-likeness (QED) is 0.798. The summed E-state index contributed by atoms with van der Waals surface area (Å²) in [5, 5.41) is 0. The summed E-state index contributed by atoms with van der Waals surface area (Å²) in [5.41, 5.74) is 6.01. The topological polar surface area (TPSA) is 56.0 Å². The summed E-state index contributed by atoms with van der Waals surface area (Å²) in [6.07, 6.45) is 3.66. The molecule has 1 rings (SSSR count). The lowest BCUT2D eigenvalue weighted by Crippen LogP contribution is -2.45. The zero-order valence-electron chi connectivity index (χ0n) is 9.36. The van der Waals surface area contributed by atoms with Gasteiger partial charge in [0.15, 0.2) is 5.78 Å². The van der Waals surface area contributed by atoms with Crippen LogP contribution in [-0.4, -0.2) is 16.3 Å². The maximum Gasteiger partial charge on any atom is 0.158 e. The third-order valence-electron chi connectivity index (χ3n) is 2.47. The minimum atomic E-state index is -0.716. The molecule has 0 saturated carbocycles. The Kier molecular flexibility index (Phi) is 3.97. The summed E-state index contributed by atoms with van der Waals surface area (Å²) >= 11 is 0. The first kappa shape index (κ1) is 11.9. The highest BCUT2D eigenvalue weighted by atomic mass is 16.1. The van der Waals surface area contributed by atoms with Crippen molar-refractivity contribution in [1.29, 1.82) is 0 Å². The van der Waals surface area contributed by atoms with E-state index in [0.717, 1.165) is 18.5 Å². The molecule has 0 aliphatic heterocycles. The van der Waals surface area contributed by atoms with Crippen molar-refractivity contribution in [2.24, 2.45) is 5.73 Å². The van der Waals surface area contributed by atoms with Gasteiger partial charge in [-0.1, -0.05) is 19.4 Å². The standard InChI is InChI=1S/C12H18N2O/c1-3-7-12(2,13)11(15)9-10-6-4-5-8-14-10/h4-6,8H,3,7,9,13H2,1-2H3. The van der Waals surface area contributed by atoms with Crippen LogP contribution in [-0.2, 0) is 11.2 Å². The fraction of sp³-hybridized carbons (Fsp3) is 0.500. The average molecular weight is 206 g/mol. The molecular formula is C12H18N2O. The molecule has 1 unspecified atom stereocenters. The van der Waals surface area contributed by atoms with Crippen molar-refractivity contribution in [3.63, 3.8) is 0 Å². The van der Waals surface area contributed by atoms with E-state index in [9.17, 15) is 4.79 Å². The van der Waals surface area contributed by atoms with Gasteiger partial charge in [-0.3, -0.25) is 9.78 Å². The smallest absolute Gasteiger partial charge is 0.158 e. The second-order valence-corrected chi connectivity index (χ2v) is 4.09.